The van der Waals surface area contributed by atoms with E-state index in [1.165, 1.54) is 0 Å². The first-order chi connectivity index (χ1) is 16.5. The van der Waals surface area contributed by atoms with E-state index in [2.05, 4.69) is 5.32 Å². The van der Waals surface area contributed by atoms with Crippen molar-refractivity contribution >= 4 is 29.4 Å². The van der Waals surface area contributed by atoms with Crippen molar-refractivity contribution in [2.45, 2.75) is 13.0 Å². The fourth-order valence-electron chi connectivity index (χ4n) is 3.51. The number of benzene rings is 3. The number of amides is 3. The second-order valence-corrected chi connectivity index (χ2v) is 7.60. The summed E-state index contributed by atoms with van der Waals surface area (Å²) in [5, 5.41) is 2.80. The van der Waals surface area contributed by atoms with Crippen LogP contribution in [0.25, 0.3) is 0 Å². The van der Waals surface area contributed by atoms with Gasteiger partial charge >= 0.3 is 5.97 Å². The summed E-state index contributed by atoms with van der Waals surface area (Å²) in [6.07, 6.45) is -0.103. The number of fused-ring (bicyclic) bond motifs is 1. The quantitative estimate of drug-likeness (QED) is 0.408. The molecule has 0 atom stereocenters. The zero-order chi connectivity index (χ0) is 24.1. The van der Waals surface area contributed by atoms with Gasteiger partial charge < -0.3 is 14.8 Å². The van der Waals surface area contributed by atoms with E-state index in [-0.39, 0.29) is 25.5 Å². The number of carbonyl (C=O) groups excluding carboxylic acids is 4. The van der Waals surface area contributed by atoms with Gasteiger partial charge in [0.25, 0.3) is 17.7 Å². The number of nitrogens with one attached hydrogen (secondary N) is 1. The maximum absolute atomic E-state index is 12.4. The van der Waals surface area contributed by atoms with Crippen molar-refractivity contribution in [2.24, 2.45) is 0 Å². The van der Waals surface area contributed by atoms with Crippen molar-refractivity contribution in [3.63, 3.8) is 0 Å². The van der Waals surface area contributed by atoms with Crippen molar-refractivity contribution in [1.82, 2.24) is 4.90 Å². The third kappa shape index (κ3) is 4.96. The summed E-state index contributed by atoms with van der Waals surface area (Å²) in [6.45, 7) is -0.0308. The standard InChI is InChI=1S/C26H22N2O6/c1-33-20-12-10-19(11-13-20)27-24(30)18-8-6-17(7-9-18)16-34-23(29)14-15-28-25(31)21-4-2-3-5-22(21)26(28)32/h2-13H,14-16H2,1H3,(H,27,30). The van der Waals surface area contributed by atoms with Crippen LogP contribution in [-0.4, -0.2) is 42.2 Å². The predicted octanol–water partition coefficient (Wildman–Crippen LogP) is 3.68. The molecule has 172 valence electrons. The molecular formula is C26H22N2O6. The van der Waals surface area contributed by atoms with E-state index in [1.54, 1.807) is 79.9 Å². The minimum Gasteiger partial charge on any atom is -0.497 e. The van der Waals surface area contributed by atoms with Gasteiger partial charge in [0.05, 0.1) is 24.7 Å². The lowest BCUT2D eigenvalue weighted by Gasteiger charge is -2.13. The highest BCUT2D eigenvalue weighted by Crippen LogP contribution is 2.22. The Balaban J connectivity index is 1.24. The van der Waals surface area contributed by atoms with Crippen molar-refractivity contribution < 1.29 is 28.7 Å². The van der Waals surface area contributed by atoms with Crippen LogP contribution in [-0.2, 0) is 16.1 Å². The molecule has 0 bridgehead atoms. The topological polar surface area (TPSA) is 102 Å². The molecule has 3 amide bonds. The number of ether oxygens (including phenoxy) is 2. The minimum absolute atomic E-state index is 0.0152. The van der Waals surface area contributed by atoms with Gasteiger partial charge in [0.1, 0.15) is 12.4 Å². The summed E-state index contributed by atoms with van der Waals surface area (Å²) in [5.41, 5.74) is 2.49. The Morgan fingerprint density at radius 3 is 2.06 bits per heavy atom. The number of anilines is 1. The largest absolute Gasteiger partial charge is 0.497 e. The summed E-state index contributed by atoms with van der Waals surface area (Å²) in [4.78, 5) is 50.3. The molecule has 0 radical (unpaired) electrons. The highest BCUT2D eigenvalue weighted by atomic mass is 16.5. The Bertz CT molecular complexity index is 1200. The molecule has 0 fully saturated rings. The van der Waals surface area contributed by atoms with Crippen LogP contribution in [0.3, 0.4) is 0 Å². The fraction of sp³-hybridized carbons (Fsp3) is 0.154. The monoisotopic (exact) mass is 458 g/mol. The zero-order valence-corrected chi connectivity index (χ0v) is 18.4. The first-order valence-corrected chi connectivity index (χ1v) is 10.6. The highest BCUT2D eigenvalue weighted by Gasteiger charge is 2.35. The van der Waals surface area contributed by atoms with Crippen molar-refractivity contribution in [2.75, 3.05) is 19.0 Å². The third-order valence-electron chi connectivity index (χ3n) is 5.38. The van der Waals surface area contributed by atoms with Crippen molar-refractivity contribution in [1.29, 1.82) is 0 Å². The number of imide groups is 1. The number of methoxy groups -OCH3 is 1. The van der Waals surface area contributed by atoms with Gasteiger partial charge in [-0.1, -0.05) is 24.3 Å². The van der Waals surface area contributed by atoms with Gasteiger partial charge in [0, 0.05) is 17.8 Å². The van der Waals surface area contributed by atoms with E-state index in [9.17, 15) is 19.2 Å². The molecule has 1 heterocycles. The lowest BCUT2D eigenvalue weighted by molar-refractivity contribution is -0.145. The molecule has 1 N–H and O–H groups in total. The lowest BCUT2D eigenvalue weighted by Crippen LogP contribution is -2.32. The van der Waals surface area contributed by atoms with Crippen LogP contribution in [0, 0.1) is 0 Å². The Labute approximate surface area is 196 Å². The molecule has 0 aliphatic carbocycles. The SMILES string of the molecule is COc1ccc(NC(=O)c2ccc(COC(=O)CCN3C(=O)c4ccccc4C3=O)cc2)cc1. The molecule has 3 aromatic rings. The lowest BCUT2D eigenvalue weighted by atomic mass is 10.1. The molecule has 8 heteroatoms. The summed E-state index contributed by atoms with van der Waals surface area (Å²) in [5.74, 6) is -0.915. The normalized spacial score (nSPS) is 12.3. The van der Waals surface area contributed by atoms with E-state index in [4.69, 9.17) is 9.47 Å². The zero-order valence-electron chi connectivity index (χ0n) is 18.4. The Kier molecular flexibility index (Phi) is 6.68. The first kappa shape index (κ1) is 22.7. The third-order valence-corrected chi connectivity index (χ3v) is 5.38. The van der Waals surface area contributed by atoms with Crippen LogP contribution >= 0.6 is 0 Å². The maximum atomic E-state index is 12.4. The molecular weight excluding hydrogens is 436 g/mol. The molecule has 4 rings (SSSR count). The van der Waals surface area contributed by atoms with E-state index < -0.39 is 17.8 Å². The van der Waals surface area contributed by atoms with Gasteiger partial charge in [-0.05, 0) is 54.1 Å². The number of nitrogens with zero attached hydrogens (tertiary/aromatic N) is 1. The van der Waals surface area contributed by atoms with Gasteiger partial charge in [0.2, 0.25) is 0 Å². The molecule has 0 spiro atoms. The molecule has 0 aromatic heterocycles. The molecule has 34 heavy (non-hydrogen) atoms. The predicted molar refractivity (Wildman–Crippen MR) is 124 cm³/mol. The molecule has 3 aromatic carbocycles. The molecule has 0 saturated heterocycles. The van der Waals surface area contributed by atoms with Crippen LogP contribution in [0.5, 0.6) is 5.75 Å². The summed E-state index contributed by atoms with van der Waals surface area (Å²) in [6, 6.07) is 20.2. The number of rotatable bonds is 8. The summed E-state index contributed by atoms with van der Waals surface area (Å²) in [7, 11) is 1.57. The van der Waals surface area contributed by atoms with E-state index >= 15 is 0 Å². The van der Waals surface area contributed by atoms with Gasteiger partial charge in [-0.3, -0.25) is 24.1 Å². The van der Waals surface area contributed by atoms with Crippen LogP contribution in [0.15, 0.2) is 72.8 Å². The molecule has 1 aliphatic rings. The van der Waals surface area contributed by atoms with Gasteiger partial charge in [0.15, 0.2) is 0 Å². The van der Waals surface area contributed by atoms with Gasteiger partial charge in [-0.2, -0.15) is 0 Å². The number of esters is 1. The fourth-order valence-corrected chi connectivity index (χ4v) is 3.51. The van der Waals surface area contributed by atoms with Crippen molar-refractivity contribution in [3.05, 3.63) is 95.1 Å². The van der Waals surface area contributed by atoms with Crippen LogP contribution in [0.2, 0.25) is 0 Å². The average molecular weight is 458 g/mol. The van der Waals surface area contributed by atoms with Crippen molar-refractivity contribution in [3.8, 4) is 5.75 Å². The second-order valence-electron chi connectivity index (χ2n) is 7.60. The summed E-state index contributed by atoms with van der Waals surface area (Å²) < 4.78 is 10.3. The maximum Gasteiger partial charge on any atom is 0.307 e. The Hall–Kier alpha value is -4.46. The van der Waals surface area contributed by atoms with E-state index in [0.717, 1.165) is 4.90 Å². The molecule has 0 saturated carbocycles. The molecule has 8 nitrogen and oxygen atoms in total. The van der Waals surface area contributed by atoms with E-state index in [0.29, 0.717) is 33.7 Å². The van der Waals surface area contributed by atoms with Crippen LogP contribution in [0.1, 0.15) is 43.1 Å². The summed E-state index contributed by atoms with van der Waals surface area (Å²) >= 11 is 0. The second kappa shape index (κ2) is 9.99. The first-order valence-electron chi connectivity index (χ1n) is 10.6. The highest BCUT2D eigenvalue weighted by molar-refractivity contribution is 6.21. The van der Waals surface area contributed by atoms with Crippen LogP contribution in [0.4, 0.5) is 5.69 Å². The molecule has 1 aliphatic heterocycles. The Morgan fingerprint density at radius 2 is 1.47 bits per heavy atom. The van der Waals surface area contributed by atoms with Crippen LogP contribution < -0.4 is 10.1 Å². The minimum atomic E-state index is -0.530. The number of hydrogen-bond donors (Lipinski definition) is 1. The molecule has 0 unspecified atom stereocenters. The number of hydrogen-bond acceptors (Lipinski definition) is 6. The smallest absolute Gasteiger partial charge is 0.307 e. The average Bonchev–Trinajstić information content (AvgIpc) is 3.11. The number of carbonyl (C=O) groups is 4. The van der Waals surface area contributed by atoms with E-state index in [1.807, 2.05) is 0 Å². The van der Waals surface area contributed by atoms with Gasteiger partial charge in [-0.25, -0.2) is 0 Å². The van der Waals surface area contributed by atoms with Gasteiger partial charge in [-0.15, -0.1) is 0 Å². The Morgan fingerprint density at radius 1 is 0.853 bits per heavy atom.